The van der Waals surface area contributed by atoms with Gasteiger partial charge < -0.3 is 16.0 Å². The molecule has 0 radical (unpaired) electrons. The predicted molar refractivity (Wildman–Crippen MR) is 83.6 cm³/mol. The first-order valence-electron chi connectivity index (χ1n) is 6.21. The second-order valence-electron chi connectivity index (χ2n) is 4.75. The minimum absolute atomic E-state index is 0.171. The zero-order valence-corrected chi connectivity index (χ0v) is 12.4. The van der Waals surface area contributed by atoms with Gasteiger partial charge in [0, 0.05) is 19.8 Å². The fourth-order valence-electron chi connectivity index (χ4n) is 1.83. The van der Waals surface area contributed by atoms with Gasteiger partial charge in [-0.25, -0.2) is 4.39 Å². The highest BCUT2D eigenvalue weighted by Gasteiger charge is 2.14. The molecule has 6 heteroatoms. The third-order valence-corrected chi connectivity index (χ3v) is 3.19. The lowest BCUT2D eigenvalue weighted by Gasteiger charge is -2.16. The minimum Gasteiger partial charge on any atom is -0.399 e. The number of nitrogens with two attached hydrogens (primary N) is 1. The summed E-state index contributed by atoms with van der Waals surface area (Å²) >= 11 is 5.98. The molecule has 0 aromatic heterocycles. The Balaban J connectivity index is 2.43. The van der Waals surface area contributed by atoms with Crippen LogP contribution in [0.3, 0.4) is 0 Å². The van der Waals surface area contributed by atoms with Gasteiger partial charge in [-0.2, -0.15) is 0 Å². The molecule has 1 amide bonds. The van der Waals surface area contributed by atoms with Crippen LogP contribution in [-0.2, 0) is 0 Å². The van der Waals surface area contributed by atoms with E-state index in [1.54, 1.807) is 32.3 Å². The Labute approximate surface area is 127 Å². The Kier molecular flexibility index (Phi) is 4.33. The van der Waals surface area contributed by atoms with Crippen molar-refractivity contribution in [1.82, 2.24) is 4.90 Å². The molecule has 0 heterocycles. The van der Waals surface area contributed by atoms with Crippen molar-refractivity contribution >= 4 is 34.6 Å². The van der Waals surface area contributed by atoms with Gasteiger partial charge in [0.15, 0.2) is 0 Å². The Morgan fingerprint density at radius 3 is 2.52 bits per heavy atom. The molecule has 110 valence electrons. The smallest absolute Gasteiger partial charge is 0.255 e. The van der Waals surface area contributed by atoms with Gasteiger partial charge in [0.2, 0.25) is 0 Å². The highest BCUT2D eigenvalue weighted by Crippen LogP contribution is 2.29. The van der Waals surface area contributed by atoms with Crippen molar-refractivity contribution in [1.29, 1.82) is 0 Å². The molecule has 0 saturated heterocycles. The summed E-state index contributed by atoms with van der Waals surface area (Å²) in [7, 11) is 3.32. The summed E-state index contributed by atoms with van der Waals surface area (Å²) in [5.41, 5.74) is 7.73. The standard InChI is InChI=1S/C15H15ClFN3O/c1-20(2)15(21)11-5-4-10(18)8-14(11)19-13-6-3-9(17)7-12(13)16/h3-8,19H,18H2,1-2H3. The van der Waals surface area contributed by atoms with Gasteiger partial charge in [0.05, 0.1) is 22.0 Å². The number of hydrogen-bond acceptors (Lipinski definition) is 3. The van der Waals surface area contributed by atoms with Gasteiger partial charge in [-0.3, -0.25) is 4.79 Å². The van der Waals surface area contributed by atoms with Gasteiger partial charge in [-0.1, -0.05) is 11.6 Å². The zero-order chi connectivity index (χ0) is 15.6. The van der Waals surface area contributed by atoms with Crippen molar-refractivity contribution in [3.8, 4) is 0 Å². The lowest BCUT2D eigenvalue weighted by Crippen LogP contribution is -2.22. The highest BCUT2D eigenvalue weighted by atomic mass is 35.5. The number of amides is 1. The maximum Gasteiger partial charge on any atom is 0.255 e. The number of nitrogens with zero attached hydrogens (tertiary/aromatic N) is 1. The van der Waals surface area contributed by atoms with Crippen LogP contribution >= 0.6 is 11.6 Å². The molecule has 0 spiro atoms. The second kappa shape index (κ2) is 6.01. The Morgan fingerprint density at radius 1 is 1.19 bits per heavy atom. The first kappa shape index (κ1) is 15.1. The first-order valence-corrected chi connectivity index (χ1v) is 6.59. The highest BCUT2D eigenvalue weighted by molar-refractivity contribution is 6.33. The van der Waals surface area contributed by atoms with Crippen molar-refractivity contribution in [3.63, 3.8) is 0 Å². The quantitative estimate of drug-likeness (QED) is 0.853. The zero-order valence-electron chi connectivity index (χ0n) is 11.7. The number of halogens is 2. The number of carbonyl (C=O) groups excluding carboxylic acids is 1. The summed E-state index contributed by atoms with van der Waals surface area (Å²) in [6.45, 7) is 0. The molecular formula is C15H15ClFN3O. The van der Waals surface area contributed by atoms with Crippen LogP contribution < -0.4 is 11.1 Å². The number of nitrogens with one attached hydrogen (secondary N) is 1. The van der Waals surface area contributed by atoms with E-state index in [9.17, 15) is 9.18 Å². The largest absolute Gasteiger partial charge is 0.399 e. The van der Waals surface area contributed by atoms with Gasteiger partial charge >= 0.3 is 0 Å². The summed E-state index contributed by atoms with van der Waals surface area (Å²) in [6.07, 6.45) is 0. The van der Waals surface area contributed by atoms with Gasteiger partial charge in [-0.05, 0) is 36.4 Å². The van der Waals surface area contributed by atoms with Crippen LogP contribution in [0.1, 0.15) is 10.4 Å². The van der Waals surface area contributed by atoms with E-state index >= 15 is 0 Å². The summed E-state index contributed by atoms with van der Waals surface area (Å²) in [6, 6.07) is 8.91. The van der Waals surface area contributed by atoms with E-state index in [-0.39, 0.29) is 10.9 Å². The van der Waals surface area contributed by atoms with Gasteiger partial charge in [-0.15, -0.1) is 0 Å². The molecule has 0 aliphatic carbocycles. The van der Waals surface area contributed by atoms with Crippen molar-refractivity contribution in [2.45, 2.75) is 0 Å². The normalized spacial score (nSPS) is 10.3. The molecule has 0 unspecified atom stereocenters. The average molecular weight is 308 g/mol. The van der Waals surface area contributed by atoms with Crippen LogP contribution in [0.4, 0.5) is 21.5 Å². The molecular weight excluding hydrogens is 293 g/mol. The second-order valence-corrected chi connectivity index (χ2v) is 5.16. The maximum atomic E-state index is 13.1. The third-order valence-electron chi connectivity index (χ3n) is 2.88. The molecule has 4 nitrogen and oxygen atoms in total. The number of rotatable bonds is 3. The van der Waals surface area contributed by atoms with Crippen molar-refractivity contribution in [2.75, 3.05) is 25.1 Å². The Hall–Kier alpha value is -2.27. The van der Waals surface area contributed by atoms with Crippen molar-refractivity contribution in [2.24, 2.45) is 0 Å². The number of nitrogen functional groups attached to an aromatic ring is 1. The molecule has 0 fully saturated rings. The van der Waals surface area contributed by atoms with Crippen LogP contribution in [0.2, 0.25) is 5.02 Å². The topological polar surface area (TPSA) is 58.4 Å². The van der Waals surface area contributed by atoms with Crippen LogP contribution in [0.15, 0.2) is 36.4 Å². The number of anilines is 3. The van der Waals surface area contributed by atoms with Crippen molar-refractivity contribution in [3.05, 3.63) is 52.8 Å². The van der Waals surface area contributed by atoms with Gasteiger partial charge in [0.1, 0.15) is 5.82 Å². The molecule has 21 heavy (non-hydrogen) atoms. The molecule has 0 atom stereocenters. The monoisotopic (exact) mass is 307 g/mol. The van der Waals surface area contributed by atoms with E-state index < -0.39 is 5.82 Å². The van der Waals surface area contributed by atoms with Crippen LogP contribution in [0, 0.1) is 5.82 Å². The molecule has 2 aromatic carbocycles. The summed E-state index contributed by atoms with van der Waals surface area (Å²) in [5.74, 6) is -0.599. The number of benzene rings is 2. The van der Waals surface area contributed by atoms with E-state index in [1.165, 1.54) is 23.1 Å². The summed E-state index contributed by atoms with van der Waals surface area (Å²) < 4.78 is 13.1. The Bertz CT molecular complexity index is 689. The fourth-order valence-corrected chi connectivity index (χ4v) is 2.04. The van der Waals surface area contributed by atoms with E-state index in [0.717, 1.165) is 0 Å². The maximum absolute atomic E-state index is 13.1. The molecule has 0 saturated carbocycles. The van der Waals surface area contributed by atoms with E-state index in [2.05, 4.69) is 5.32 Å². The lowest BCUT2D eigenvalue weighted by atomic mass is 10.1. The van der Waals surface area contributed by atoms with Crippen LogP contribution in [-0.4, -0.2) is 24.9 Å². The predicted octanol–water partition coefficient (Wildman–Crippen LogP) is 3.51. The first-order chi connectivity index (χ1) is 9.88. The number of hydrogen-bond donors (Lipinski definition) is 2. The third kappa shape index (κ3) is 3.44. The summed E-state index contributed by atoms with van der Waals surface area (Å²) in [4.78, 5) is 13.6. The average Bonchev–Trinajstić information content (AvgIpc) is 2.41. The van der Waals surface area contributed by atoms with E-state index in [1.807, 2.05) is 0 Å². The SMILES string of the molecule is CN(C)C(=O)c1ccc(N)cc1Nc1ccc(F)cc1Cl. The molecule has 2 rings (SSSR count). The van der Waals surface area contributed by atoms with E-state index in [4.69, 9.17) is 17.3 Å². The van der Waals surface area contributed by atoms with Crippen LogP contribution in [0.5, 0.6) is 0 Å². The summed E-state index contributed by atoms with van der Waals surface area (Å²) in [5, 5.41) is 3.24. The van der Waals surface area contributed by atoms with Crippen molar-refractivity contribution < 1.29 is 9.18 Å². The fraction of sp³-hybridized carbons (Fsp3) is 0.133. The molecule has 0 aliphatic heterocycles. The Morgan fingerprint density at radius 2 is 1.90 bits per heavy atom. The lowest BCUT2D eigenvalue weighted by molar-refractivity contribution is 0.0828. The molecule has 2 aromatic rings. The van der Waals surface area contributed by atoms with E-state index in [0.29, 0.717) is 22.6 Å². The minimum atomic E-state index is -0.428. The molecule has 0 bridgehead atoms. The van der Waals surface area contributed by atoms with Crippen LogP contribution in [0.25, 0.3) is 0 Å². The molecule has 0 aliphatic rings. The van der Waals surface area contributed by atoms with Gasteiger partial charge in [0.25, 0.3) is 5.91 Å². The number of carbonyl (C=O) groups is 1. The molecule has 3 N–H and O–H groups in total.